The van der Waals surface area contributed by atoms with E-state index in [0.717, 1.165) is 16.7 Å². The minimum atomic E-state index is 0.727. The molecule has 0 amide bonds. The fourth-order valence-electron chi connectivity index (χ4n) is 1.02. The maximum atomic E-state index is 8.27. The van der Waals surface area contributed by atoms with E-state index >= 15 is 0 Å². The van der Waals surface area contributed by atoms with Crippen molar-refractivity contribution >= 4 is 17.3 Å². The molecule has 4 heteroatoms. The van der Waals surface area contributed by atoms with Crippen LogP contribution >= 0.6 is 0 Å². The summed E-state index contributed by atoms with van der Waals surface area (Å²) in [5.74, 6) is 0. The lowest BCUT2D eigenvalue weighted by Crippen LogP contribution is -1.79. The number of fused-ring (bicyclic) bond motifs is 1. The Kier molecular flexibility index (Phi) is 1.51. The zero-order chi connectivity index (χ0) is 8.39. The van der Waals surface area contributed by atoms with Gasteiger partial charge in [0.15, 0.2) is 12.0 Å². The summed E-state index contributed by atoms with van der Waals surface area (Å²) in [4.78, 5) is 3.95. The van der Waals surface area contributed by atoms with E-state index in [1.807, 2.05) is 0 Å². The molecule has 0 unspecified atom stereocenters. The Balaban J connectivity index is 2.60. The van der Waals surface area contributed by atoms with E-state index in [0.29, 0.717) is 0 Å². The van der Waals surface area contributed by atoms with Gasteiger partial charge in [-0.3, -0.25) is 0 Å². The largest absolute Gasteiger partial charge is 0.443 e. The molecular weight excluding hydrogens is 156 g/mol. The third-order valence-corrected chi connectivity index (χ3v) is 1.56. The van der Waals surface area contributed by atoms with Crippen molar-refractivity contribution in [2.24, 2.45) is 5.16 Å². The molecule has 1 aromatic heterocycles. The molecule has 2 aromatic rings. The first-order valence-electron chi connectivity index (χ1n) is 3.41. The summed E-state index contributed by atoms with van der Waals surface area (Å²) < 4.78 is 5.03. The number of oxazole rings is 1. The van der Waals surface area contributed by atoms with Crippen LogP contribution in [0.4, 0.5) is 0 Å². The summed E-state index contributed by atoms with van der Waals surface area (Å²) in [5.41, 5.74) is 2.27. The standard InChI is InChI=1S/C8H6N2O2/c11-10-4-6-1-2-8-7(3-6)9-5-12-8/h1-5,11H/b10-4+. The van der Waals surface area contributed by atoms with Gasteiger partial charge in [-0.25, -0.2) is 4.98 Å². The predicted octanol–water partition coefficient (Wildman–Crippen LogP) is 1.64. The quantitative estimate of drug-likeness (QED) is 0.394. The van der Waals surface area contributed by atoms with Crippen molar-refractivity contribution in [1.29, 1.82) is 0 Å². The molecule has 0 aliphatic rings. The summed E-state index contributed by atoms with van der Waals surface area (Å²) in [5, 5.41) is 11.2. The Labute approximate surface area is 68.1 Å². The van der Waals surface area contributed by atoms with E-state index < -0.39 is 0 Å². The molecule has 60 valence electrons. The molecule has 0 bridgehead atoms. The van der Waals surface area contributed by atoms with Gasteiger partial charge in [-0.05, 0) is 23.8 Å². The highest BCUT2D eigenvalue weighted by atomic mass is 16.4. The maximum Gasteiger partial charge on any atom is 0.181 e. The Morgan fingerprint density at radius 2 is 2.42 bits per heavy atom. The van der Waals surface area contributed by atoms with Crippen LogP contribution in [-0.2, 0) is 0 Å². The van der Waals surface area contributed by atoms with E-state index in [1.165, 1.54) is 12.6 Å². The lowest BCUT2D eigenvalue weighted by Gasteiger charge is -1.89. The number of hydrogen-bond donors (Lipinski definition) is 1. The second-order valence-corrected chi connectivity index (χ2v) is 2.32. The van der Waals surface area contributed by atoms with Crippen molar-refractivity contribution in [3.63, 3.8) is 0 Å². The smallest absolute Gasteiger partial charge is 0.181 e. The van der Waals surface area contributed by atoms with Crippen LogP contribution in [0.2, 0.25) is 0 Å². The lowest BCUT2D eigenvalue weighted by molar-refractivity contribution is 0.322. The van der Waals surface area contributed by atoms with Gasteiger partial charge < -0.3 is 9.62 Å². The lowest BCUT2D eigenvalue weighted by atomic mass is 10.2. The van der Waals surface area contributed by atoms with Crippen molar-refractivity contribution in [1.82, 2.24) is 4.98 Å². The van der Waals surface area contributed by atoms with Crippen LogP contribution in [0.25, 0.3) is 11.1 Å². The fraction of sp³-hybridized carbons (Fsp3) is 0. The van der Waals surface area contributed by atoms with Crippen LogP contribution in [0.5, 0.6) is 0 Å². The molecule has 12 heavy (non-hydrogen) atoms. The monoisotopic (exact) mass is 162 g/mol. The predicted molar refractivity (Wildman–Crippen MR) is 43.4 cm³/mol. The molecule has 0 saturated carbocycles. The van der Waals surface area contributed by atoms with Gasteiger partial charge in [0, 0.05) is 0 Å². The van der Waals surface area contributed by atoms with Crippen LogP contribution in [0.1, 0.15) is 5.56 Å². The van der Waals surface area contributed by atoms with E-state index in [9.17, 15) is 0 Å². The average molecular weight is 162 g/mol. The molecule has 0 aliphatic heterocycles. The minimum absolute atomic E-state index is 0.727. The second-order valence-electron chi connectivity index (χ2n) is 2.32. The summed E-state index contributed by atoms with van der Waals surface area (Å²) in [7, 11) is 0. The molecule has 1 N–H and O–H groups in total. The second kappa shape index (κ2) is 2.65. The highest BCUT2D eigenvalue weighted by Gasteiger charge is 1.97. The van der Waals surface area contributed by atoms with Crippen LogP contribution in [-0.4, -0.2) is 16.4 Å². The van der Waals surface area contributed by atoms with E-state index in [1.54, 1.807) is 18.2 Å². The Hall–Kier alpha value is -1.84. The average Bonchev–Trinajstić information content (AvgIpc) is 2.51. The van der Waals surface area contributed by atoms with Crippen LogP contribution in [0.15, 0.2) is 34.2 Å². The minimum Gasteiger partial charge on any atom is -0.443 e. The first-order valence-corrected chi connectivity index (χ1v) is 3.41. The summed E-state index contributed by atoms with van der Waals surface area (Å²) >= 11 is 0. The third kappa shape index (κ3) is 1.03. The topological polar surface area (TPSA) is 58.6 Å². The highest BCUT2D eigenvalue weighted by Crippen LogP contribution is 2.12. The van der Waals surface area contributed by atoms with Gasteiger partial charge in [0.05, 0.1) is 6.21 Å². The molecule has 1 heterocycles. The molecular formula is C8H6N2O2. The van der Waals surface area contributed by atoms with Crippen molar-refractivity contribution in [3.05, 3.63) is 30.2 Å². The maximum absolute atomic E-state index is 8.27. The van der Waals surface area contributed by atoms with Crippen molar-refractivity contribution in [2.75, 3.05) is 0 Å². The van der Waals surface area contributed by atoms with Gasteiger partial charge in [-0.15, -0.1) is 0 Å². The molecule has 0 radical (unpaired) electrons. The zero-order valence-corrected chi connectivity index (χ0v) is 6.14. The van der Waals surface area contributed by atoms with Crippen molar-refractivity contribution < 1.29 is 9.62 Å². The van der Waals surface area contributed by atoms with Gasteiger partial charge in [-0.1, -0.05) is 5.16 Å². The summed E-state index contributed by atoms with van der Waals surface area (Å²) in [6.07, 6.45) is 2.72. The molecule has 4 nitrogen and oxygen atoms in total. The molecule has 0 spiro atoms. The van der Waals surface area contributed by atoms with Crippen LogP contribution < -0.4 is 0 Å². The van der Waals surface area contributed by atoms with E-state index in [2.05, 4.69) is 10.1 Å². The normalized spacial score (nSPS) is 11.3. The zero-order valence-electron chi connectivity index (χ0n) is 6.14. The third-order valence-electron chi connectivity index (χ3n) is 1.56. The SMILES string of the molecule is O/N=C/c1ccc2ocnc2c1. The Morgan fingerprint density at radius 1 is 1.50 bits per heavy atom. The Bertz CT molecular complexity index is 420. The van der Waals surface area contributed by atoms with Crippen molar-refractivity contribution in [2.45, 2.75) is 0 Å². The van der Waals surface area contributed by atoms with Crippen LogP contribution in [0.3, 0.4) is 0 Å². The molecule has 0 fully saturated rings. The summed E-state index contributed by atoms with van der Waals surface area (Å²) in [6.45, 7) is 0. The van der Waals surface area contributed by atoms with E-state index in [-0.39, 0.29) is 0 Å². The first kappa shape index (κ1) is 6.84. The van der Waals surface area contributed by atoms with Gasteiger partial charge in [0.1, 0.15) is 5.52 Å². The number of nitrogens with zero attached hydrogens (tertiary/aromatic N) is 2. The number of oxime groups is 1. The molecule has 0 saturated heterocycles. The first-order chi connectivity index (χ1) is 5.90. The molecule has 1 aromatic carbocycles. The number of benzene rings is 1. The van der Waals surface area contributed by atoms with Crippen LogP contribution in [0, 0.1) is 0 Å². The highest BCUT2D eigenvalue weighted by molar-refractivity contribution is 5.85. The summed E-state index contributed by atoms with van der Waals surface area (Å²) in [6, 6.07) is 5.34. The van der Waals surface area contributed by atoms with E-state index in [4.69, 9.17) is 9.62 Å². The van der Waals surface area contributed by atoms with Crippen molar-refractivity contribution in [3.8, 4) is 0 Å². The Morgan fingerprint density at radius 3 is 3.25 bits per heavy atom. The van der Waals surface area contributed by atoms with Gasteiger partial charge in [-0.2, -0.15) is 0 Å². The fourth-order valence-corrected chi connectivity index (χ4v) is 1.02. The molecule has 2 rings (SSSR count). The molecule has 0 atom stereocenters. The van der Waals surface area contributed by atoms with Gasteiger partial charge >= 0.3 is 0 Å². The number of rotatable bonds is 1. The van der Waals surface area contributed by atoms with Gasteiger partial charge in [0.2, 0.25) is 0 Å². The van der Waals surface area contributed by atoms with Gasteiger partial charge in [0.25, 0.3) is 0 Å². The molecule has 0 aliphatic carbocycles. The number of aromatic nitrogens is 1. The number of hydrogen-bond acceptors (Lipinski definition) is 4.